The number of halogens is 5. The van der Waals surface area contributed by atoms with Crippen LogP contribution in [-0.2, 0) is 14.3 Å². The summed E-state index contributed by atoms with van der Waals surface area (Å²) in [5.41, 5.74) is -0.930. The standard InChI is InChI=1S/C28H30ClF4N5O4S/c1-27(2,26(40)41)6-8-38-13(11-17-22(38)28(32,33)12-35-17)10-16-18(25(39)42-3)21(14-4-5-15(30)20(31)19(14)29)37-23(36-16)24-34-7-9-43-24/h4-5,7,9,13,17,21-22,35H,6,8,10-12H2,1-3H3,(H,36,37)(H,40,41). The number of thiazole rings is 1. The summed E-state index contributed by atoms with van der Waals surface area (Å²) in [7, 11) is 1.15. The molecule has 5 rings (SSSR count). The molecule has 4 unspecified atom stereocenters. The Kier molecular flexibility index (Phi) is 8.60. The molecule has 0 radical (unpaired) electrons. The molecule has 2 saturated heterocycles. The number of alkyl halides is 2. The van der Waals surface area contributed by atoms with Gasteiger partial charge in [0, 0.05) is 47.9 Å². The van der Waals surface area contributed by atoms with Crippen LogP contribution >= 0.6 is 22.9 Å². The highest BCUT2D eigenvalue weighted by atomic mass is 35.5. The number of aliphatic imine (C=N–C) groups is 1. The maximum atomic E-state index is 15.2. The zero-order valence-corrected chi connectivity index (χ0v) is 25.0. The molecular formula is C28H30ClF4N5O4S. The van der Waals surface area contributed by atoms with Crippen molar-refractivity contribution < 1.29 is 37.0 Å². The number of nitrogens with zero attached hydrogens (tertiary/aromatic N) is 3. The second-order valence-corrected chi connectivity index (χ2v) is 12.7. The molecule has 3 N–H and O–H groups in total. The number of amidine groups is 1. The van der Waals surface area contributed by atoms with Crippen LogP contribution in [0, 0.1) is 17.0 Å². The van der Waals surface area contributed by atoms with Crippen LogP contribution in [0.25, 0.3) is 0 Å². The summed E-state index contributed by atoms with van der Waals surface area (Å²) in [6.45, 7) is 2.64. The number of rotatable bonds is 9. The van der Waals surface area contributed by atoms with E-state index in [0.29, 0.717) is 5.01 Å². The Balaban J connectivity index is 1.58. The van der Waals surface area contributed by atoms with Gasteiger partial charge in [0.2, 0.25) is 0 Å². The first-order valence-corrected chi connectivity index (χ1v) is 14.8. The van der Waals surface area contributed by atoms with Crippen LogP contribution in [0.1, 0.15) is 49.7 Å². The number of methoxy groups -OCH3 is 1. The van der Waals surface area contributed by atoms with Crippen LogP contribution in [0.15, 0.2) is 40.0 Å². The molecule has 0 amide bonds. The molecule has 2 aromatic rings. The van der Waals surface area contributed by atoms with Crippen molar-refractivity contribution in [3.05, 3.63) is 62.2 Å². The minimum atomic E-state index is -3.07. The number of likely N-dealkylation sites (tertiary alicyclic amines) is 1. The first-order valence-electron chi connectivity index (χ1n) is 13.5. The topological polar surface area (TPSA) is 116 Å². The van der Waals surface area contributed by atoms with Crippen LogP contribution < -0.4 is 10.6 Å². The van der Waals surface area contributed by atoms with E-state index in [2.05, 4.69) is 20.6 Å². The number of esters is 1. The van der Waals surface area contributed by atoms with Gasteiger partial charge in [0.05, 0.1) is 35.7 Å². The second kappa shape index (κ2) is 11.8. The van der Waals surface area contributed by atoms with Gasteiger partial charge in [-0.2, -0.15) is 0 Å². The summed E-state index contributed by atoms with van der Waals surface area (Å²) < 4.78 is 64.0. The molecule has 3 aliphatic rings. The van der Waals surface area contributed by atoms with Gasteiger partial charge in [0.1, 0.15) is 6.04 Å². The summed E-state index contributed by atoms with van der Waals surface area (Å²) in [6, 6.07) is -1.44. The van der Waals surface area contributed by atoms with Gasteiger partial charge < -0.3 is 20.5 Å². The zero-order valence-electron chi connectivity index (χ0n) is 23.5. The molecule has 0 aliphatic carbocycles. The molecule has 0 saturated carbocycles. The summed E-state index contributed by atoms with van der Waals surface area (Å²) in [4.78, 5) is 35.6. The lowest BCUT2D eigenvalue weighted by molar-refractivity contribution is -0.147. The Labute approximate surface area is 254 Å². The minimum absolute atomic E-state index is 0.00516. The van der Waals surface area contributed by atoms with Gasteiger partial charge in [-0.15, -0.1) is 11.3 Å². The van der Waals surface area contributed by atoms with Crippen LogP contribution in [0.4, 0.5) is 17.6 Å². The molecule has 15 heteroatoms. The molecule has 3 aliphatic heterocycles. The van der Waals surface area contributed by atoms with Gasteiger partial charge in [0.15, 0.2) is 22.5 Å². The quantitative estimate of drug-likeness (QED) is 0.207. The van der Waals surface area contributed by atoms with E-state index >= 15 is 8.78 Å². The van der Waals surface area contributed by atoms with Crippen molar-refractivity contribution in [2.24, 2.45) is 10.4 Å². The van der Waals surface area contributed by atoms with Crippen molar-refractivity contribution in [3.8, 4) is 0 Å². The van der Waals surface area contributed by atoms with E-state index in [9.17, 15) is 23.5 Å². The number of fused-ring (bicyclic) bond motifs is 1. The summed E-state index contributed by atoms with van der Waals surface area (Å²) in [6.07, 6.45) is 1.97. The van der Waals surface area contributed by atoms with Gasteiger partial charge in [-0.3, -0.25) is 14.7 Å². The van der Waals surface area contributed by atoms with E-state index in [1.165, 1.54) is 31.3 Å². The fourth-order valence-electron chi connectivity index (χ4n) is 5.93. The minimum Gasteiger partial charge on any atom is -0.481 e. The largest absolute Gasteiger partial charge is 0.481 e. The normalized spacial score (nSPS) is 25.3. The fourth-order valence-corrected chi connectivity index (χ4v) is 6.77. The molecule has 4 heterocycles. The highest BCUT2D eigenvalue weighted by Gasteiger charge is 2.58. The number of benzene rings is 1. The number of hydrogen-bond donors (Lipinski definition) is 3. The lowest BCUT2D eigenvalue weighted by atomic mass is 9.89. The zero-order chi connectivity index (χ0) is 31.3. The van der Waals surface area contributed by atoms with E-state index in [4.69, 9.17) is 16.3 Å². The third kappa shape index (κ3) is 5.89. The Morgan fingerprint density at radius 2 is 2.05 bits per heavy atom. The Morgan fingerprint density at radius 1 is 1.30 bits per heavy atom. The molecule has 0 spiro atoms. The lowest BCUT2D eigenvalue weighted by Crippen LogP contribution is -2.49. The molecule has 4 atom stereocenters. The smallest absolute Gasteiger partial charge is 0.338 e. The summed E-state index contributed by atoms with van der Waals surface area (Å²) in [5.74, 6) is -7.20. The van der Waals surface area contributed by atoms with Crippen molar-refractivity contribution in [1.82, 2.24) is 20.5 Å². The molecular weight excluding hydrogens is 614 g/mol. The third-order valence-electron chi connectivity index (χ3n) is 8.31. The molecule has 1 aromatic carbocycles. The summed E-state index contributed by atoms with van der Waals surface area (Å²) in [5, 5.41) is 17.2. The molecule has 1 aromatic heterocycles. The van der Waals surface area contributed by atoms with E-state index in [1.807, 2.05) is 0 Å². The van der Waals surface area contributed by atoms with Crippen molar-refractivity contribution >= 4 is 40.7 Å². The monoisotopic (exact) mass is 643 g/mol. The number of carbonyl (C=O) groups excluding carboxylic acids is 1. The predicted octanol–water partition coefficient (Wildman–Crippen LogP) is 4.53. The number of carbonyl (C=O) groups is 2. The average molecular weight is 644 g/mol. The Bertz CT molecular complexity index is 1490. The average Bonchev–Trinajstić information content (AvgIpc) is 3.68. The van der Waals surface area contributed by atoms with Gasteiger partial charge in [0.25, 0.3) is 5.92 Å². The number of ether oxygens (including phenoxy) is 1. The van der Waals surface area contributed by atoms with Crippen molar-refractivity contribution in [1.29, 1.82) is 0 Å². The van der Waals surface area contributed by atoms with Crippen molar-refractivity contribution in [2.75, 3.05) is 20.2 Å². The SMILES string of the molecule is COC(=O)C1=C(CC2CC3NCC(F)(F)C3N2CCC(C)(C)C(=O)O)NC(c2nccs2)=NC1c1ccc(F)c(F)c1Cl. The Hall–Kier alpha value is -3.07. The highest BCUT2D eigenvalue weighted by Crippen LogP contribution is 2.44. The molecule has 232 valence electrons. The van der Waals surface area contributed by atoms with Crippen LogP contribution in [0.5, 0.6) is 0 Å². The lowest BCUT2D eigenvalue weighted by Gasteiger charge is -2.36. The fraction of sp³-hybridized carbons (Fsp3) is 0.500. The molecule has 9 nitrogen and oxygen atoms in total. The first-order chi connectivity index (χ1) is 20.2. The summed E-state index contributed by atoms with van der Waals surface area (Å²) >= 11 is 7.46. The van der Waals surface area contributed by atoms with E-state index in [-0.39, 0.29) is 48.5 Å². The van der Waals surface area contributed by atoms with Crippen LogP contribution in [-0.4, -0.2) is 77.0 Å². The van der Waals surface area contributed by atoms with Crippen LogP contribution in [0.2, 0.25) is 5.02 Å². The van der Waals surface area contributed by atoms with Crippen molar-refractivity contribution in [3.63, 3.8) is 0 Å². The van der Waals surface area contributed by atoms with Crippen molar-refractivity contribution in [2.45, 2.75) is 63.2 Å². The van der Waals surface area contributed by atoms with Crippen LogP contribution in [0.3, 0.4) is 0 Å². The highest BCUT2D eigenvalue weighted by molar-refractivity contribution is 7.11. The second-order valence-electron chi connectivity index (χ2n) is 11.5. The maximum Gasteiger partial charge on any atom is 0.338 e. The van der Waals surface area contributed by atoms with Gasteiger partial charge in [-0.25, -0.2) is 27.3 Å². The van der Waals surface area contributed by atoms with E-state index in [0.717, 1.165) is 13.2 Å². The number of nitrogens with one attached hydrogen (secondary N) is 2. The number of carboxylic acids is 1. The van der Waals surface area contributed by atoms with Gasteiger partial charge >= 0.3 is 11.9 Å². The maximum absolute atomic E-state index is 15.2. The first kappa shape index (κ1) is 31.4. The predicted molar refractivity (Wildman–Crippen MR) is 151 cm³/mol. The molecule has 2 fully saturated rings. The van der Waals surface area contributed by atoms with Gasteiger partial charge in [-0.05, 0) is 32.8 Å². The van der Waals surface area contributed by atoms with Gasteiger partial charge in [-0.1, -0.05) is 17.7 Å². The van der Waals surface area contributed by atoms with E-state index in [1.54, 1.807) is 16.5 Å². The molecule has 43 heavy (non-hydrogen) atoms. The number of aliphatic carboxylic acids is 1. The van der Waals surface area contributed by atoms with E-state index < -0.39 is 70.6 Å². The molecule has 0 bridgehead atoms. The number of carboxylic acid groups (broad SMARTS) is 1. The Morgan fingerprint density at radius 3 is 2.70 bits per heavy atom. The number of hydrogen-bond acceptors (Lipinski definition) is 9. The number of aromatic nitrogens is 1. The third-order valence-corrected chi connectivity index (χ3v) is 9.47.